The van der Waals surface area contributed by atoms with Crippen LogP contribution in [0.15, 0.2) is 12.5 Å². The summed E-state index contributed by atoms with van der Waals surface area (Å²) in [4.78, 5) is 18.2. The summed E-state index contributed by atoms with van der Waals surface area (Å²) in [6.45, 7) is 4.55. The maximum Gasteiger partial charge on any atom is 0.242 e. The van der Waals surface area contributed by atoms with E-state index in [4.69, 9.17) is 0 Å². The van der Waals surface area contributed by atoms with Crippen molar-refractivity contribution in [2.45, 2.75) is 45.2 Å². The lowest BCUT2D eigenvalue weighted by atomic mass is 10.3. The van der Waals surface area contributed by atoms with E-state index in [0.29, 0.717) is 12.6 Å². The van der Waals surface area contributed by atoms with Crippen molar-refractivity contribution >= 4 is 5.91 Å². The van der Waals surface area contributed by atoms with Gasteiger partial charge in [-0.3, -0.25) is 4.79 Å². The van der Waals surface area contributed by atoms with Crippen molar-refractivity contribution < 1.29 is 4.79 Å². The molecule has 1 N–H and O–H groups in total. The van der Waals surface area contributed by atoms with Crippen LogP contribution in [0.4, 0.5) is 0 Å². The molecule has 2 rings (SSSR count). The average Bonchev–Trinajstić information content (AvgIpc) is 3.16. The van der Waals surface area contributed by atoms with Gasteiger partial charge in [0.05, 0.1) is 12.0 Å². The van der Waals surface area contributed by atoms with Crippen molar-refractivity contribution in [1.82, 2.24) is 19.8 Å². The molecule has 0 aromatic carbocycles. The zero-order chi connectivity index (χ0) is 13.7. The molecule has 0 spiro atoms. The Kier molecular flexibility index (Phi) is 4.96. The van der Waals surface area contributed by atoms with Crippen LogP contribution in [0, 0.1) is 0 Å². The Balaban J connectivity index is 1.75. The Hall–Kier alpha value is -1.36. The normalized spacial score (nSPS) is 14.6. The zero-order valence-electron chi connectivity index (χ0n) is 11.9. The summed E-state index contributed by atoms with van der Waals surface area (Å²) in [6, 6.07) is 0.480. The number of carbonyl (C=O) groups excluding carboxylic acids is 1. The summed E-state index contributed by atoms with van der Waals surface area (Å²) in [7, 11) is 1.90. The van der Waals surface area contributed by atoms with Gasteiger partial charge in [-0.05, 0) is 25.8 Å². The molecule has 1 saturated carbocycles. The van der Waals surface area contributed by atoms with Gasteiger partial charge in [0.25, 0.3) is 0 Å². The van der Waals surface area contributed by atoms with E-state index in [1.54, 1.807) is 6.33 Å². The van der Waals surface area contributed by atoms with E-state index < -0.39 is 0 Å². The quantitative estimate of drug-likeness (QED) is 0.714. The molecule has 1 heterocycles. The smallest absolute Gasteiger partial charge is 0.242 e. The molecule has 1 amide bonds. The lowest BCUT2D eigenvalue weighted by molar-refractivity contribution is -0.131. The van der Waals surface area contributed by atoms with E-state index >= 15 is 0 Å². The first-order valence-corrected chi connectivity index (χ1v) is 7.17. The second-order valence-electron chi connectivity index (χ2n) is 5.27. The number of carbonyl (C=O) groups is 1. The number of hydrogen-bond acceptors (Lipinski definition) is 3. The van der Waals surface area contributed by atoms with Gasteiger partial charge in [-0.1, -0.05) is 6.92 Å². The van der Waals surface area contributed by atoms with Crippen LogP contribution in [0.25, 0.3) is 0 Å². The minimum absolute atomic E-state index is 0.176. The Bertz CT molecular complexity index is 411. The highest BCUT2D eigenvalue weighted by atomic mass is 16.2. The lowest BCUT2D eigenvalue weighted by Gasteiger charge is -2.16. The predicted molar refractivity (Wildman–Crippen MR) is 74.9 cm³/mol. The van der Waals surface area contributed by atoms with E-state index in [2.05, 4.69) is 17.2 Å². The Labute approximate surface area is 115 Å². The number of likely N-dealkylation sites (N-methyl/N-ethyl adjacent to an activating group) is 1. The first-order valence-electron chi connectivity index (χ1n) is 7.17. The molecule has 5 nitrogen and oxygen atoms in total. The molecule has 0 atom stereocenters. The van der Waals surface area contributed by atoms with E-state index in [1.807, 2.05) is 22.7 Å². The Morgan fingerprint density at radius 1 is 1.53 bits per heavy atom. The number of imidazole rings is 1. The molecule has 0 saturated heterocycles. The molecule has 1 aromatic rings. The van der Waals surface area contributed by atoms with E-state index in [0.717, 1.165) is 44.5 Å². The second-order valence-corrected chi connectivity index (χ2v) is 5.27. The van der Waals surface area contributed by atoms with Crippen LogP contribution >= 0.6 is 0 Å². The van der Waals surface area contributed by atoms with Crippen LogP contribution < -0.4 is 5.32 Å². The maximum atomic E-state index is 12.0. The molecule has 1 fully saturated rings. The Morgan fingerprint density at radius 3 is 3.00 bits per heavy atom. The number of amides is 1. The molecular formula is C14H24N4O. The van der Waals surface area contributed by atoms with Crippen molar-refractivity contribution in [1.29, 1.82) is 0 Å². The molecule has 106 valence electrons. The molecule has 1 aliphatic rings. The molecule has 1 aliphatic carbocycles. The summed E-state index contributed by atoms with van der Waals surface area (Å²) < 4.78 is 1.89. The minimum Gasteiger partial charge on any atom is -0.341 e. The largest absolute Gasteiger partial charge is 0.341 e. The second kappa shape index (κ2) is 6.70. The number of hydrogen-bond donors (Lipinski definition) is 1. The van der Waals surface area contributed by atoms with Crippen LogP contribution in [0.1, 0.15) is 31.9 Å². The standard InChI is InChI=1S/C14H24N4O/c1-3-7-15-8-6-12-9-18(11-16-12)10-14(19)17(2)13-4-5-13/h9,11,13,15H,3-8,10H2,1-2H3. The van der Waals surface area contributed by atoms with Gasteiger partial charge >= 0.3 is 0 Å². The van der Waals surface area contributed by atoms with Gasteiger partial charge in [0.1, 0.15) is 6.54 Å². The molecule has 19 heavy (non-hydrogen) atoms. The van der Waals surface area contributed by atoms with Gasteiger partial charge in [-0.15, -0.1) is 0 Å². The molecule has 0 aliphatic heterocycles. The average molecular weight is 264 g/mol. The van der Waals surface area contributed by atoms with E-state index in [9.17, 15) is 4.79 Å². The highest BCUT2D eigenvalue weighted by Gasteiger charge is 2.29. The van der Waals surface area contributed by atoms with Gasteiger partial charge in [-0.2, -0.15) is 0 Å². The van der Waals surface area contributed by atoms with Crippen LogP contribution in [0.2, 0.25) is 0 Å². The van der Waals surface area contributed by atoms with Crippen LogP contribution in [-0.4, -0.2) is 46.5 Å². The summed E-state index contributed by atoms with van der Waals surface area (Å²) in [5.74, 6) is 0.176. The summed E-state index contributed by atoms with van der Waals surface area (Å²) in [5.41, 5.74) is 1.05. The van der Waals surface area contributed by atoms with E-state index in [-0.39, 0.29) is 5.91 Å². The first kappa shape index (κ1) is 14.1. The summed E-state index contributed by atoms with van der Waals surface area (Å²) >= 11 is 0. The van der Waals surface area contributed by atoms with Crippen molar-refractivity contribution in [3.63, 3.8) is 0 Å². The number of nitrogens with one attached hydrogen (secondary N) is 1. The monoisotopic (exact) mass is 264 g/mol. The van der Waals surface area contributed by atoms with Crippen molar-refractivity contribution in [3.05, 3.63) is 18.2 Å². The molecular weight excluding hydrogens is 240 g/mol. The fourth-order valence-corrected chi connectivity index (χ4v) is 2.07. The van der Waals surface area contributed by atoms with Gasteiger partial charge in [0.2, 0.25) is 5.91 Å². The fraction of sp³-hybridized carbons (Fsp3) is 0.714. The fourth-order valence-electron chi connectivity index (χ4n) is 2.07. The van der Waals surface area contributed by atoms with Gasteiger partial charge < -0.3 is 14.8 Å². The SMILES string of the molecule is CCCNCCc1cn(CC(=O)N(C)C2CC2)cn1. The molecule has 0 unspecified atom stereocenters. The van der Waals surface area contributed by atoms with Crippen molar-refractivity contribution in [2.24, 2.45) is 0 Å². The van der Waals surface area contributed by atoms with Gasteiger partial charge in [-0.25, -0.2) is 4.98 Å². The third-order valence-corrected chi connectivity index (χ3v) is 3.48. The third-order valence-electron chi connectivity index (χ3n) is 3.48. The predicted octanol–water partition coefficient (Wildman–Crippen LogP) is 1.05. The van der Waals surface area contributed by atoms with Gasteiger partial charge in [0, 0.05) is 32.3 Å². The molecule has 0 radical (unpaired) electrons. The van der Waals surface area contributed by atoms with Crippen LogP contribution in [0.5, 0.6) is 0 Å². The van der Waals surface area contributed by atoms with Gasteiger partial charge in [0.15, 0.2) is 0 Å². The van der Waals surface area contributed by atoms with E-state index in [1.165, 1.54) is 0 Å². The highest BCUT2D eigenvalue weighted by Crippen LogP contribution is 2.25. The van der Waals surface area contributed by atoms with Crippen LogP contribution in [-0.2, 0) is 17.8 Å². The van der Waals surface area contributed by atoms with Crippen LogP contribution in [0.3, 0.4) is 0 Å². The summed E-state index contributed by atoms with van der Waals surface area (Å²) in [6.07, 6.45) is 8.11. The topological polar surface area (TPSA) is 50.2 Å². The lowest BCUT2D eigenvalue weighted by Crippen LogP contribution is -2.31. The Morgan fingerprint density at radius 2 is 2.32 bits per heavy atom. The number of rotatable bonds is 8. The minimum atomic E-state index is 0.176. The molecule has 5 heteroatoms. The molecule has 1 aromatic heterocycles. The summed E-state index contributed by atoms with van der Waals surface area (Å²) in [5, 5.41) is 3.35. The number of nitrogens with zero attached hydrogens (tertiary/aromatic N) is 3. The molecule has 0 bridgehead atoms. The zero-order valence-corrected chi connectivity index (χ0v) is 11.9. The van der Waals surface area contributed by atoms with Crippen molar-refractivity contribution in [2.75, 3.05) is 20.1 Å². The maximum absolute atomic E-state index is 12.0. The number of aromatic nitrogens is 2. The van der Waals surface area contributed by atoms with Crippen molar-refractivity contribution in [3.8, 4) is 0 Å². The highest BCUT2D eigenvalue weighted by molar-refractivity contribution is 5.76. The third kappa shape index (κ3) is 4.35. The first-order chi connectivity index (χ1) is 9.20.